The zero-order valence-corrected chi connectivity index (χ0v) is 9.57. The molecule has 0 radical (unpaired) electrons. The lowest BCUT2D eigenvalue weighted by molar-refractivity contribution is 0.475. The summed E-state index contributed by atoms with van der Waals surface area (Å²) in [6.07, 6.45) is 0. The molecular weight excluding hydrogens is 236 g/mol. The number of para-hydroxylation sites is 2. The van der Waals surface area contributed by atoms with Gasteiger partial charge in [-0.2, -0.15) is 0 Å². The van der Waals surface area contributed by atoms with E-state index in [1.807, 2.05) is 24.3 Å². The number of rotatable bonds is 1. The van der Waals surface area contributed by atoms with Crippen LogP contribution in [0.3, 0.4) is 0 Å². The predicted octanol–water partition coefficient (Wildman–Crippen LogP) is 3.59. The molecule has 0 fully saturated rings. The molecule has 1 heterocycles. The summed E-state index contributed by atoms with van der Waals surface area (Å²) in [6.45, 7) is 0. The summed E-state index contributed by atoms with van der Waals surface area (Å²) in [5.41, 5.74) is 2.64. The van der Waals surface area contributed by atoms with Crippen molar-refractivity contribution in [3.8, 4) is 17.1 Å². The van der Waals surface area contributed by atoms with E-state index >= 15 is 0 Å². The fourth-order valence-corrected chi connectivity index (χ4v) is 2.04. The van der Waals surface area contributed by atoms with Gasteiger partial charge in [-0.15, -0.1) is 0 Å². The largest absolute Gasteiger partial charge is 0.508 e. The number of aromatic hydroxyl groups is 1. The minimum Gasteiger partial charge on any atom is -0.508 e. The third-order valence-corrected chi connectivity index (χ3v) is 2.91. The molecule has 17 heavy (non-hydrogen) atoms. The lowest BCUT2D eigenvalue weighted by Crippen LogP contribution is -1.81. The summed E-state index contributed by atoms with van der Waals surface area (Å²) in [4.78, 5) is 7.65. The van der Waals surface area contributed by atoms with Gasteiger partial charge in [0, 0.05) is 5.56 Å². The molecule has 84 valence electrons. The predicted molar refractivity (Wildman–Crippen MR) is 68.2 cm³/mol. The van der Waals surface area contributed by atoms with Crippen LogP contribution in [-0.2, 0) is 0 Å². The minimum absolute atomic E-state index is 0.148. The Kier molecular flexibility index (Phi) is 2.27. The van der Waals surface area contributed by atoms with Gasteiger partial charge in [0.1, 0.15) is 11.6 Å². The van der Waals surface area contributed by atoms with E-state index in [4.69, 9.17) is 11.6 Å². The zero-order chi connectivity index (χ0) is 11.8. The number of phenolic OH excluding ortho intramolecular Hbond substituents is 1. The van der Waals surface area contributed by atoms with Crippen LogP contribution in [0.1, 0.15) is 0 Å². The first-order chi connectivity index (χ1) is 8.24. The molecule has 4 heteroatoms. The van der Waals surface area contributed by atoms with Crippen molar-refractivity contribution in [2.75, 3.05) is 0 Å². The molecule has 3 nitrogen and oxygen atoms in total. The Balaban J connectivity index is 2.20. The third kappa shape index (κ3) is 1.74. The molecule has 2 aromatic carbocycles. The Morgan fingerprint density at radius 2 is 1.94 bits per heavy atom. The van der Waals surface area contributed by atoms with E-state index < -0.39 is 0 Å². The van der Waals surface area contributed by atoms with Gasteiger partial charge in [-0.05, 0) is 30.3 Å². The van der Waals surface area contributed by atoms with Crippen LogP contribution in [0.25, 0.3) is 22.4 Å². The van der Waals surface area contributed by atoms with Crippen molar-refractivity contribution in [1.82, 2.24) is 9.97 Å². The molecule has 2 N–H and O–H groups in total. The SMILES string of the molecule is Oc1ccc(-c2nc3ccccc3[nH]2)c(Cl)c1. The van der Waals surface area contributed by atoms with Crippen molar-refractivity contribution in [3.63, 3.8) is 0 Å². The average Bonchev–Trinajstić information content (AvgIpc) is 2.72. The molecule has 0 saturated heterocycles. The zero-order valence-electron chi connectivity index (χ0n) is 8.81. The Labute approximate surface area is 103 Å². The van der Waals surface area contributed by atoms with Crippen LogP contribution in [0, 0.1) is 0 Å². The van der Waals surface area contributed by atoms with Crippen LogP contribution in [-0.4, -0.2) is 15.1 Å². The van der Waals surface area contributed by atoms with E-state index in [1.165, 1.54) is 6.07 Å². The second-order valence-electron chi connectivity index (χ2n) is 3.77. The van der Waals surface area contributed by atoms with Crippen LogP contribution in [0.5, 0.6) is 5.75 Å². The Bertz CT molecular complexity index is 658. The first-order valence-corrected chi connectivity index (χ1v) is 5.55. The third-order valence-electron chi connectivity index (χ3n) is 2.60. The molecule has 0 unspecified atom stereocenters. The number of hydrogen-bond acceptors (Lipinski definition) is 2. The maximum atomic E-state index is 9.31. The van der Waals surface area contributed by atoms with Crippen LogP contribution < -0.4 is 0 Å². The highest BCUT2D eigenvalue weighted by Gasteiger charge is 2.08. The number of aromatic nitrogens is 2. The Morgan fingerprint density at radius 1 is 1.12 bits per heavy atom. The topological polar surface area (TPSA) is 48.9 Å². The summed E-state index contributed by atoms with van der Waals surface area (Å²) in [7, 11) is 0. The molecule has 0 aliphatic carbocycles. The van der Waals surface area contributed by atoms with E-state index in [-0.39, 0.29) is 5.75 Å². The van der Waals surface area contributed by atoms with E-state index in [1.54, 1.807) is 12.1 Å². The van der Waals surface area contributed by atoms with E-state index in [9.17, 15) is 5.11 Å². The van der Waals surface area contributed by atoms with Crippen molar-refractivity contribution in [2.24, 2.45) is 0 Å². The molecule has 0 saturated carbocycles. The van der Waals surface area contributed by atoms with Crippen LogP contribution >= 0.6 is 11.6 Å². The maximum Gasteiger partial charge on any atom is 0.140 e. The van der Waals surface area contributed by atoms with Crippen molar-refractivity contribution < 1.29 is 5.11 Å². The molecule has 0 aliphatic rings. The molecule has 3 aromatic rings. The monoisotopic (exact) mass is 244 g/mol. The minimum atomic E-state index is 0.148. The number of imidazole rings is 1. The van der Waals surface area contributed by atoms with E-state index in [2.05, 4.69) is 9.97 Å². The van der Waals surface area contributed by atoms with Gasteiger partial charge >= 0.3 is 0 Å². The number of nitrogens with zero attached hydrogens (tertiary/aromatic N) is 1. The number of fused-ring (bicyclic) bond motifs is 1. The van der Waals surface area contributed by atoms with Gasteiger partial charge in [0.15, 0.2) is 0 Å². The number of aromatic amines is 1. The number of nitrogens with one attached hydrogen (secondary N) is 1. The van der Waals surface area contributed by atoms with Crippen LogP contribution in [0.4, 0.5) is 0 Å². The first kappa shape index (κ1) is 10.2. The summed E-state index contributed by atoms with van der Waals surface area (Å²) < 4.78 is 0. The summed E-state index contributed by atoms with van der Waals surface area (Å²) in [5, 5.41) is 9.79. The highest BCUT2D eigenvalue weighted by Crippen LogP contribution is 2.30. The smallest absolute Gasteiger partial charge is 0.140 e. The van der Waals surface area contributed by atoms with Crippen molar-refractivity contribution in [2.45, 2.75) is 0 Å². The Hall–Kier alpha value is -2.00. The van der Waals surface area contributed by atoms with E-state index in [0.29, 0.717) is 10.8 Å². The number of H-pyrrole nitrogens is 1. The second-order valence-corrected chi connectivity index (χ2v) is 4.17. The lowest BCUT2D eigenvalue weighted by atomic mass is 10.2. The first-order valence-electron chi connectivity index (χ1n) is 5.18. The maximum absolute atomic E-state index is 9.31. The molecule has 0 aliphatic heterocycles. The van der Waals surface area contributed by atoms with Crippen molar-refractivity contribution >= 4 is 22.6 Å². The molecule has 0 spiro atoms. The van der Waals surface area contributed by atoms with Gasteiger partial charge in [0.25, 0.3) is 0 Å². The Morgan fingerprint density at radius 3 is 2.71 bits per heavy atom. The van der Waals surface area contributed by atoms with Crippen molar-refractivity contribution in [3.05, 3.63) is 47.5 Å². The number of phenols is 1. The summed E-state index contributed by atoms with van der Waals surface area (Å²) in [6, 6.07) is 12.6. The fraction of sp³-hybridized carbons (Fsp3) is 0. The van der Waals surface area contributed by atoms with Crippen LogP contribution in [0.2, 0.25) is 5.02 Å². The molecule has 0 amide bonds. The molecule has 0 bridgehead atoms. The molecule has 1 aromatic heterocycles. The van der Waals surface area contributed by atoms with Gasteiger partial charge in [-0.25, -0.2) is 4.98 Å². The van der Waals surface area contributed by atoms with Crippen molar-refractivity contribution in [1.29, 1.82) is 0 Å². The standard InChI is InChI=1S/C13H9ClN2O/c14-10-7-8(17)5-6-9(10)13-15-11-3-1-2-4-12(11)16-13/h1-7,17H,(H,15,16). The quantitative estimate of drug-likeness (QED) is 0.687. The van der Waals surface area contributed by atoms with Gasteiger partial charge in [-0.1, -0.05) is 23.7 Å². The van der Waals surface area contributed by atoms with E-state index in [0.717, 1.165) is 16.6 Å². The molecule has 3 rings (SSSR count). The summed E-state index contributed by atoms with van der Waals surface area (Å²) in [5.74, 6) is 0.853. The average molecular weight is 245 g/mol. The fourth-order valence-electron chi connectivity index (χ4n) is 1.78. The highest BCUT2D eigenvalue weighted by atomic mass is 35.5. The lowest BCUT2D eigenvalue weighted by Gasteiger charge is -2.00. The molecular formula is C13H9ClN2O. The number of hydrogen-bond donors (Lipinski definition) is 2. The van der Waals surface area contributed by atoms with Gasteiger partial charge < -0.3 is 10.1 Å². The normalized spacial score (nSPS) is 10.9. The van der Waals surface area contributed by atoms with Crippen LogP contribution in [0.15, 0.2) is 42.5 Å². The second kappa shape index (κ2) is 3.79. The number of halogens is 1. The summed E-state index contributed by atoms with van der Waals surface area (Å²) >= 11 is 6.07. The highest BCUT2D eigenvalue weighted by molar-refractivity contribution is 6.33. The van der Waals surface area contributed by atoms with Gasteiger partial charge in [0.2, 0.25) is 0 Å². The van der Waals surface area contributed by atoms with Gasteiger partial charge in [0.05, 0.1) is 16.1 Å². The molecule has 0 atom stereocenters. The van der Waals surface area contributed by atoms with Gasteiger partial charge in [-0.3, -0.25) is 0 Å². The number of benzene rings is 2.